The molecule has 138 valence electrons. The Morgan fingerprint density at radius 2 is 1.96 bits per heavy atom. The van der Waals surface area contributed by atoms with Crippen LogP contribution < -0.4 is 0 Å². The molecule has 0 aromatic heterocycles. The zero-order valence-corrected chi connectivity index (χ0v) is 15.1. The average molecular weight is 354 g/mol. The Morgan fingerprint density at radius 1 is 1.23 bits per heavy atom. The molecule has 0 saturated carbocycles. The van der Waals surface area contributed by atoms with Gasteiger partial charge in [0.15, 0.2) is 0 Å². The van der Waals surface area contributed by atoms with Crippen LogP contribution in [0.5, 0.6) is 0 Å². The number of aryl methyl sites for hydroxylation is 1. The summed E-state index contributed by atoms with van der Waals surface area (Å²) in [5.41, 5.74) is 1.84. The van der Waals surface area contributed by atoms with Crippen molar-refractivity contribution in [1.82, 2.24) is 4.90 Å². The number of aliphatic hydroxyl groups excluding tert-OH is 1. The van der Waals surface area contributed by atoms with Gasteiger partial charge < -0.3 is 5.11 Å². The van der Waals surface area contributed by atoms with Crippen molar-refractivity contribution in [2.75, 3.05) is 13.1 Å². The molecule has 0 aliphatic carbocycles. The number of hydrogen-bond donors (Lipinski definition) is 1. The quantitative estimate of drug-likeness (QED) is 0.396. The van der Waals surface area contributed by atoms with E-state index >= 15 is 0 Å². The van der Waals surface area contributed by atoms with Gasteiger partial charge >= 0.3 is 0 Å². The molecule has 0 bridgehead atoms. The lowest BCUT2D eigenvalue weighted by molar-refractivity contribution is -0.385. The van der Waals surface area contributed by atoms with E-state index in [1.54, 1.807) is 12.1 Å². The maximum absolute atomic E-state index is 10.9. The SMILES string of the molecule is C=CCN(C[C@@H](O)c1cccc([N+](=O)[O-])c1)[C@H](C)CCc1ccccc1. The fraction of sp³-hybridized carbons (Fsp3) is 0.333. The minimum Gasteiger partial charge on any atom is -0.387 e. The largest absolute Gasteiger partial charge is 0.387 e. The first-order valence-corrected chi connectivity index (χ1v) is 8.82. The third-order valence-electron chi connectivity index (χ3n) is 4.55. The molecule has 2 atom stereocenters. The average Bonchev–Trinajstić information content (AvgIpc) is 2.66. The summed E-state index contributed by atoms with van der Waals surface area (Å²) in [6.45, 7) is 7.00. The molecule has 5 nitrogen and oxygen atoms in total. The lowest BCUT2D eigenvalue weighted by Gasteiger charge is -2.30. The van der Waals surface area contributed by atoms with Crippen LogP contribution in [0, 0.1) is 10.1 Å². The molecule has 2 aromatic rings. The predicted molar refractivity (Wildman–Crippen MR) is 104 cm³/mol. The molecule has 0 saturated heterocycles. The zero-order valence-electron chi connectivity index (χ0n) is 15.1. The fourth-order valence-corrected chi connectivity index (χ4v) is 2.98. The van der Waals surface area contributed by atoms with Gasteiger partial charge in [0.05, 0.1) is 11.0 Å². The number of hydrogen-bond acceptors (Lipinski definition) is 4. The number of non-ortho nitro benzene ring substituents is 1. The molecule has 0 amide bonds. The van der Waals surface area contributed by atoms with Gasteiger partial charge in [0.2, 0.25) is 0 Å². The van der Waals surface area contributed by atoms with Gasteiger partial charge in [0, 0.05) is 31.3 Å². The van der Waals surface area contributed by atoms with Gasteiger partial charge in [-0.05, 0) is 30.9 Å². The summed E-state index contributed by atoms with van der Waals surface area (Å²) in [6.07, 6.45) is 2.95. The van der Waals surface area contributed by atoms with Crippen molar-refractivity contribution in [3.05, 3.63) is 88.5 Å². The Balaban J connectivity index is 2.00. The second-order valence-electron chi connectivity index (χ2n) is 6.48. The van der Waals surface area contributed by atoms with Crippen LogP contribution in [0.1, 0.15) is 30.6 Å². The summed E-state index contributed by atoms with van der Waals surface area (Å²) in [4.78, 5) is 12.6. The fourth-order valence-electron chi connectivity index (χ4n) is 2.98. The highest BCUT2D eigenvalue weighted by molar-refractivity contribution is 5.35. The van der Waals surface area contributed by atoms with Crippen LogP contribution in [0.2, 0.25) is 0 Å². The summed E-state index contributed by atoms with van der Waals surface area (Å²) < 4.78 is 0. The van der Waals surface area contributed by atoms with Gasteiger partial charge in [-0.3, -0.25) is 15.0 Å². The van der Waals surface area contributed by atoms with Gasteiger partial charge in [-0.2, -0.15) is 0 Å². The van der Waals surface area contributed by atoms with Gasteiger partial charge in [-0.25, -0.2) is 0 Å². The highest BCUT2D eigenvalue weighted by atomic mass is 16.6. The second kappa shape index (κ2) is 9.85. The van der Waals surface area contributed by atoms with Crippen LogP contribution in [0.25, 0.3) is 0 Å². The summed E-state index contributed by atoms with van der Waals surface area (Å²) in [7, 11) is 0. The Kier molecular flexibility index (Phi) is 7.51. The lowest BCUT2D eigenvalue weighted by atomic mass is 10.0. The van der Waals surface area contributed by atoms with E-state index in [0.29, 0.717) is 18.7 Å². The number of benzene rings is 2. The topological polar surface area (TPSA) is 66.6 Å². The van der Waals surface area contributed by atoms with Crippen molar-refractivity contribution in [2.45, 2.75) is 31.9 Å². The molecule has 0 heterocycles. The number of nitro benzene ring substituents is 1. The van der Waals surface area contributed by atoms with Gasteiger partial charge in [-0.15, -0.1) is 6.58 Å². The minimum absolute atomic E-state index is 0.00560. The van der Waals surface area contributed by atoms with Crippen molar-refractivity contribution < 1.29 is 10.0 Å². The van der Waals surface area contributed by atoms with E-state index in [1.165, 1.54) is 17.7 Å². The summed E-state index contributed by atoms with van der Waals surface area (Å²) in [5, 5.41) is 21.5. The normalized spacial score (nSPS) is 13.3. The molecule has 0 spiro atoms. The Labute approximate surface area is 154 Å². The molecule has 0 radical (unpaired) electrons. The smallest absolute Gasteiger partial charge is 0.269 e. The van der Waals surface area contributed by atoms with Crippen molar-refractivity contribution in [1.29, 1.82) is 0 Å². The number of rotatable bonds is 10. The van der Waals surface area contributed by atoms with E-state index in [-0.39, 0.29) is 11.7 Å². The van der Waals surface area contributed by atoms with Gasteiger partial charge in [-0.1, -0.05) is 48.5 Å². The van der Waals surface area contributed by atoms with Gasteiger partial charge in [0.25, 0.3) is 5.69 Å². The predicted octanol–water partition coefficient (Wildman–Crippen LogP) is 4.14. The number of aliphatic hydroxyl groups is 1. The van der Waals surface area contributed by atoms with E-state index in [1.807, 2.05) is 24.3 Å². The number of nitro groups is 1. The number of nitrogens with zero attached hydrogens (tertiary/aromatic N) is 2. The summed E-state index contributed by atoms with van der Waals surface area (Å²) >= 11 is 0. The van der Waals surface area contributed by atoms with E-state index < -0.39 is 11.0 Å². The highest BCUT2D eigenvalue weighted by Crippen LogP contribution is 2.21. The highest BCUT2D eigenvalue weighted by Gasteiger charge is 2.19. The first kappa shape index (κ1) is 19.8. The third kappa shape index (κ3) is 5.79. The van der Waals surface area contributed by atoms with E-state index in [2.05, 4.69) is 30.5 Å². The minimum atomic E-state index is -0.783. The van der Waals surface area contributed by atoms with Crippen LogP contribution in [-0.2, 0) is 6.42 Å². The zero-order chi connectivity index (χ0) is 18.9. The first-order chi connectivity index (χ1) is 12.5. The van der Waals surface area contributed by atoms with Crippen LogP contribution in [0.15, 0.2) is 67.3 Å². The van der Waals surface area contributed by atoms with Crippen LogP contribution in [0.3, 0.4) is 0 Å². The van der Waals surface area contributed by atoms with E-state index in [9.17, 15) is 15.2 Å². The second-order valence-corrected chi connectivity index (χ2v) is 6.48. The molecule has 5 heteroatoms. The molecule has 26 heavy (non-hydrogen) atoms. The van der Waals surface area contributed by atoms with Crippen molar-refractivity contribution in [2.24, 2.45) is 0 Å². The van der Waals surface area contributed by atoms with E-state index in [0.717, 1.165) is 12.8 Å². The molecule has 2 aromatic carbocycles. The Hall–Kier alpha value is -2.50. The molecule has 0 fully saturated rings. The first-order valence-electron chi connectivity index (χ1n) is 8.82. The maximum Gasteiger partial charge on any atom is 0.269 e. The molecular weight excluding hydrogens is 328 g/mol. The summed E-state index contributed by atoms with van der Waals surface area (Å²) in [6, 6.07) is 16.7. The van der Waals surface area contributed by atoms with Crippen LogP contribution >= 0.6 is 0 Å². The van der Waals surface area contributed by atoms with Crippen LogP contribution in [-0.4, -0.2) is 34.1 Å². The molecule has 0 aliphatic rings. The van der Waals surface area contributed by atoms with Crippen molar-refractivity contribution in [3.8, 4) is 0 Å². The molecule has 0 unspecified atom stereocenters. The Morgan fingerprint density at radius 3 is 2.62 bits per heavy atom. The monoisotopic (exact) mass is 354 g/mol. The standard InChI is InChI=1S/C21H26N2O3/c1-3-14-22(17(2)12-13-18-8-5-4-6-9-18)16-21(24)19-10-7-11-20(15-19)23(25)26/h3-11,15,17,21,24H,1,12-14,16H2,2H3/t17-,21-/m1/s1. The summed E-state index contributed by atoms with van der Waals surface area (Å²) in [5.74, 6) is 0. The van der Waals surface area contributed by atoms with E-state index in [4.69, 9.17) is 0 Å². The Bertz CT molecular complexity index is 718. The third-order valence-corrected chi connectivity index (χ3v) is 4.55. The molecule has 0 aliphatic heterocycles. The van der Waals surface area contributed by atoms with Gasteiger partial charge in [0.1, 0.15) is 0 Å². The maximum atomic E-state index is 10.9. The van der Waals surface area contributed by atoms with Crippen molar-refractivity contribution >= 4 is 5.69 Å². The molecule has 2 rings (SSSR count). The lowest BCUT2D eigenvalue weighted by Crippen LogP contribution is -2.37. The molecule has 1 N–H and O–H groups in total. The van der Waals surface area contributed by atoms with Crippen LogP contribution in [0.4, 0.5) is 5.69 Å². The van der Waals surface area contributed by atoms with Crippen molar-refractivity contribution in [3.63, 3.8) is 0 Å². The molecular formula is C21H26N2O3.